The Bertz CT molecular complexity index is 1050. The molecule has 0 radical (unpaired) electrons. The van der Waals surface area contributed by atoms with E-state index in [2.05, 4.69) is 20.3 Å². The molecule has 0 amide bonds. The van der Waals surface area contributed by atoms with Gasteiger partial charge < -0.3 is 0 Å². The van der Waals surface area contributed by atoms with Gasteiger partial charge in [-0.3, -0.25) is 0 Å². The Morgan fingerprint density at radius 3 is 2.56 bits per heavy atom. The highest BCUT2D eigenvalue weighted by molar-refractivity contribution is 7.98. The van der Waals surface area contributed by atoms with Crippen molar-refractivity contribution in [3.05, 3.63) is 70.7 Å². The van der Waals surface area contributed by atoms with Gasteiger partial charge in [-0.2, -0.15) is 5.10 Å². The molecule has 3 heterocycles. The van der Waals surface area contributed by atoms with Gasteiger partial charge in [0, 0.05) is 22.4 Å². The smallest absolute Gasteiger partial charge is 0.175 e. The highest BCUT2D eigenvalue weighted by Gasteiger charge is 2.08. The van der Waals surface area contributed by atoms with Crippen LogP contribution in [0.15, 0.2) is 52.9 Å². The second-order valence-corrected chi connectivity index (χ2v) is 7.86. The highest BCUT2D eigenvalue weighted by Crippen LogP contribution is 2.27. The second-order valence-electron chi connectivity index (χ2n) is 6.01. The van der Waals surface area contributed by atoms with E-state index in [0.717, 1.165) is 32.7 Å². The van der Waals surface area contributed by atoms with Crippen molar-refractivity contribution in [3.8, 4) is 16.4 Å². The summed E-state index contributed by atoms with van der Waals surface area (Å²) in [7, 11) is 0. The minimum atomic E-state index is -0.242. The zero-order chi connectivity index (χ0) is 18.8. The third kappa shape index (κ3) is 4.06. The van der Waals surface area contributed by atoms with Crippen molar-refractivity contribution in [1.82, 2.24) is 25.0 Å². The summed E-state index contributed by atoms with van der Waals surface area (Å²) >= 11 is 3.13. The number of halogens is 1. The third-order valence-electron chi connectivity index (χ3n) is 3.86. The van der Waals surface area contributed by atoms with E-state index in [4.69, 9.17) is 0 Å². The Hall–Kier alpha value is -2.58. The lowest BCUT2D eigenvalue weighted by molar-refractivity contribution is 0.628. The Labute approximate surface area is 164 Å². The number of hydrogen-bond acceptors (Lipinski definition) is 6. The lowest BCUT2D eigenvalue weighted by Gasteiger charge is -2.03. The first kappa shape index (κ1) is 17.8. The molecular formula is C19H16FN5S2. The molecule has 0 N–H and O–H groups in total. The maximum Gasteiger partial charge on any atom is 0.175 e. The van der Waals surface area contributed by atoms with Crippen LogP contribution in [0, 0.1) is 19.7 Å². The van der Waals surface area contributed by atoms with Crippen molar-refractivity contribution in [1.29, 1.82) is 0 Å². The molecule has 5 nitrogen and oxygen atoms in total. The fourth-order valence-corrected chi connectivity index (χ4v) is 4.25. The van der Waals surface area contributed by atoms with Crippen molar-refractivity contribution in [2.24, 2.45) is 0 Å². The molecule has 0 fully saturated rings. The molecule has 0 atom stereocenters. The second kappa shape index (κ2) is 7.58. The SMILES string of the molecule is Cc1cc(C)n(-c2ccc(SCc3csc(-c4ccc(F)cc4)n3)nn2)n1. The van der Waals surface area contributed by atoms with E-state index in [0.29, 0.717) is 11.6 Å². The van der Waals surface area contributed by atoms with Gasteiger partial charge >= 0.3 is 0 Å². The van der Waals surface area contributed by atoms with E-state index in [-0.39, 0.29) is 5.82 Å². The Morgan fingerprint density at radius 2 is 1.89 bits per heavy atom. The van der Waals surface area contributed by atoms with Gasteiger partial charge in [-0.25, -0.2) is 14.1 Å². The molecule has 0 spiro atoms. The summed E-state index contributed by atoms with van der Waals surface area (Å²) in [5, 5.41) is 16.7. The third-order valence-corrected chi connectivity index (χ3v) is 5.76. The number of benzene rings is 1. The summed E-state index contributed by atoms with van der Waals surface area (Å²) in [6.07, 6.45) is 0. The molecule has 0 unspecified atom stereocenters. The molecule has 8 heteroatoms. The zero-order valence-electron chi connectivity index (χ0n) is 14.8. The van der Waals surface area contributed by atoms with Gasteiger partial charge in [0.2, 0.25) is 0 Å². The summed E-state index contributed by atoms with van der Waals surface area (Å²) in [6.45, 7) is 3.94. The Balaban J connectivity index is 1.42. The molecule has 3 aromatic heterocycles. The summed E-state index contributed by atoms with van der Waals surface area (Å²) in [5.41, 5.74) is 3.87. The molecule has 0 saturated heterocycles. The molecule has 0 bridgehead atoms. The normalized spacial score (nSPS) is 11.1. The van der Waals surface area contributed by atoms with E-state index < -0.39 is 0 Å². The van der Waals surface area contributed by atoms with Crippen molar-refractivity contribution in [3.63, 3.8) is 0 Å². The van der Waals surface area contributed by atoms with Crippen molar-refractivity contribution >= 4 is 23.1 Å². The average Bonchev–Trinajstić information content (AvgIpc) is 3.27. The molecule has 1 aromatic carbocycles. The molecule has 0 aliphatic rings. The number of aryl methyl sites for hydroxylation is 2. The van der Waals surface area contributed by atoms with E-state index in [1.165, 1.54) is 12.1 Å². The average molecular weight is 398 g/mol. The number of rotatable bonds is 5. The van der Waals surface area contributed by atoms with Crippen molar-refractivity contribution in [2.45, 2.75) is 24.6 Å². The number of thiazole rings is 1. The van der Waals surface area contributed by atoms with Crippen LogP contribution in [-0.2, 0) is 5.75 Å². The first-order valence-electron chi connectivity index (χ1n) is 8.29. The summed E-state index contributed by atoms with van der Waals surface area (Å²) in [4.78, 5) is 4.62. The van der Waals surface area contributed by atoms with Gasteiger partial charge in [-0.15, -0.1) is 21.5 Å². The molecule has 4 aromatic rings. The Kier molecular flexibility index (Phi) is 5.00. The van der Waals surface area contributed by atoms with Crippen LogP contribution in [0.1, 0.15) is 17.1 Å². The molecule has 4 rings (SSSR count). The predicted octanol–water partition coefficient (Wildman–Crippen LogP) is 4.83. The monoisotopic (exact) mass is 397 g/mol. The van der Waals surface area contributed by atoms with Crippen LogP contribution in [0.2, 0.25) is 0 Å². The summed E-state index contributed by atoms with van der Waals surface area (Å²) in [5.74, 6) is 1.16. The van der Waals surface area contributed by atoms with Gasteiger partial charge in [-0.1, -0.05) is 11.8 Å². The van der Waals surface area contributed by atoms with E-state index in [1.807, 2.05) is 37.4 Å². The molecule has 27 heavy (non-hydrogen) atoms. The molecule has 0 aliphatic heterocycles. The fraction of sp³-hybridized carbons (Fsp3) is 0.158. The van der Waals surface area contributed by atoms with Crippen LogP contribution in [-0.4, -0.2) is 25.0 Å². The van der Waals surface area contributed by atoms with E-state index >= 15 is 0 Å². The lowest BCUT2D eigenvalue weighted by atomic mass is 10.2. The number of nitrogens with zero attached hydrogens (tertiary/aromatic N) is 5. The largest absolute Gasteiger partial charge is 0.240 e. The molecular weight excluding hydrogens is 381 g/mol. The molecule has 0 saturated carbocycles. The number of aromatic nitrogens is 5. The maximum absolute atomic E-state index is 13.0. The molecule has 0 aliphatic carbocycles. The van der Waals surface area contributed by atoms with Gasteiger partial charge in [0.25, 0.3) is 0 Å². The first-order chi connectivity index (χ1) is 13.1. The quantitative estimate of drug-likeness (QED) is 0.451. The Morgan fingerprint density at radius 1 is 1.07 bits per heavy atom. The van der Waals surface area contributed by atoms with Crippen LogP contribution in [0.4, 0.5) is 4.39 Å². The maximum atomic E-state index is 13.0. The van der Waals surface area contributed by atoms with Crippen LogP contribution in [0.5, 0.6) is 0 Å². The fourth-order valence-electron chi connectivity index (χ4n) is 2.61. The zero-order valence-corrected chi connectivity index (χ0v) is 16.4. The van der Waals surface area contributed by atoms with Gasteiger partial charge in [-0.05, 0) is 56.3 Å². The number of thioether (sulfide) groups is 1. The van der Waals surface area contributed by atoms with Crippen LogP contribution >= 0.6 is 23.1 Å². The summed E-state index contributed by atoms with van der Waals surface area (Å²) < 4.78 is 14.8. The van der Waals surface area contributed by atoms with Crippen molar-refractivity contribution in [2.75, 3.05) is 0 Å². The topological polar surface area (TPSA) is 56.5 Å². The summed E-state index contributed by atoms with van der Waals surface area (Å²) in [6, 6.07) is 12.3. The predicted molar refractivity (Wildman–Crippen MR) is 106 cm³/mol. The van der Waals surface area contributed by atoms with Crippen LogP contribution in [0.3, 0.4) is 0 Å². The van der Waals surface area contributed by atoms with Crippen LogP contribution in [0.25, 0.3) is 16.4 Å². The number of hydrogen-bond donors (Lipinski definition) is 0. The van der Waals surface area contributed by atoms with Gasteiger partial charge in [0.15, 0.2) is 5.82 Å². The first-order valence-corrected chi connectivity index (χ1v) is 10.2. The minimum Gasteiger partial charge on any atom is -0.240 e. The highest BCUT2D eigenvalue weighted by atomic mass is 32.2. The van der Waals surface area contributed by atoms with E-state index in [1.54, 1.807) is 39.9 Å². The van der Waals surface area contributed by atoms with Gasteiger partial charge in [0.1, 0.15) is 15.9 Å². The van der Waals surface area contributed by atoms with E-state index in [9.17, 15) is 4.39 Å². The molecule has 136 valence electrons. The van der Waals surface area contributed by atoms with Crippen LogP contribution < -0.4 is 0 Å². The van der Waals surface area contributed by atoms with Crippen molar-refractivity contribution < 1.29 is 4.39 Å². The lowest BCUT2D eigenvalue weighted by Crippen LogP contribution is -2.03. The standard InChI is InChI=1S/C19H16FN5S2/c1-12-9-13(2)25(24-12)17-7-8-18(23-22-17)26-10-16-11-27-19(21-16)14-3-5-15(20)6-4-14/h3-9,11H,10H2,1-2H3. The minimum absolute atomic E-state index is 0.242. The van der Waals surface area contributed by atoms with Gasteiger partial charge in [0.05, 0.1) is 11.4 Å².